The number of furan rings is 1. The summed E-state index contributed by atoms with van der Waals surface area (Å²) in [6.45, 7) is 0. The van der Waals surface area contributed by atoms with E-state index >= 15 is 0 Å². The summed E-state index contributed by atoms with van der Waals surface area (Å²) < 4.78 is 8.86. The van der Waals surface area contributed by atoms with Gasteiger partial charge < -0.3 is 8.98 Å². The fraction of sp³-hybridized carbons (Fsp3) is 0. The Kier molecular flexibility index (Phi) is 6.82. The van der Waals surface area contributed by atoms with E-state index in [0.717, 1.165) is 77.6 Å². The maximum atomic E-state index is 6.50. The molecule has 54 heavy (non-hydrogen) atoms. The average molecular weight is 690 g/mol. The predicted molar refractivity (Wildman–Crippen MR) is 223 cm³/mol. The van der Waals surface area contributed by atoms with Crippen LogP contribution >= 0.6 is 0 Å². The van der Waals surface area contributed by atoms with Crippen molar-refractivity contribution in [1.82, 2.24) is 14.5 Å². The first kappa shape index (κ1) is 30.3. The van der Waals surface area contributed by atoms with Crippen LogP contribution in [0.4, 0.5) is 0 Å². The van der Waals surface area contributed by atoms with Crippen molar-refractivity contribution in [2.45, 2.75) is 0 Å². The number of para-hydroxylation sites is 2. The predicted octanol–water partition coefficient (Wildman–Crippen LogP) is 13.3. The molecule has 4 heteroatoms. The Labute approximate surface area is 311 Å². The van der Waals surface area contributed by atoms with E-state index in [9.17, 15) is 0 Å². The molecule has 0 aliphatic rings. The largest absolute Gasteiger partial charge is 0.456 e. The number of aromatic nitrogens is 3. The van der Waals surface area contributed by atoms with E-state index in [-0.39, 0.29) is 0 Å². The number of fused-ring (bicyclic) bond motifs is 7. The van der Waals surface area contributed by atoms with Gasteiger partial charge in [0, 0.05) is 43.7 Å². The van der Waals surface area contributed by atoms with Gasteiger partial charge >= 0.3 is 0 Å². The van der Waals surface area contributed by atoms with Crippen LogP contribution in [0.1, 0.15) is 0 Å². The van der Waals surface area contributed by atoms with E-state index in [1.807, 2.05) is 24.3 Å². The first-order valence-electron chi connectivity index (χ1n) is 18.2. The van der Waals surface area contributed by atoms with Gasteiger partial charge in [-0.15, -0.1) is 0 Å². The molecular formula is C50H31N3O. The van der Waals surface area contributed by atoms with Gasteiger partial charge in [0.1, 0.15) is 11.2 Å². The number of benzene rings is 8. The minimum atomic E-state index is 0.716. The van der Waals surface area contributed by atoms with Gasteiger partial charge in [0.05, 0.1) is 22.2 Å². The standard InChI is InChI=1S/C50H31N3O/c1-4-13-32(14-5-1)49-41-31-36(23-26-43(41)51-50(52-49)33-15-6-2-7-16-33)38-20-12-22-47-48(38)42-30-35(25-28-46(42)54-47)34-24-27-45-40(29-34)39-19-10-11-21-44(39)53(45)37-17-8-3-9-18-37/h1-31H. The SMILES string of the molecule is c1ccc(-c2nc(-c3ccccc3)c3cc(-c4cccc5oc6ccc(-c7ccc8c(c7)c7ccccc7n8-c7ccccc7)cc6c45)ccc3n2)cc1. The van der Waals surface area contributed by atoms with Crippen molar-refractivity contribution < 1.29 is 4.42 Å². The van der Waals surface area contributed by atoms with E-state index in [1.54, 1.807) is 0 Å². The molecule has 11 aromatic rings. The summed E-state index contributed by atoms with van der Waals surface area (Å²) in [4.78, 5) is 10.2. The lowest BCUT2D eigenvalue weighted by atomic mass is 9.95. The molecule has 0 fully saturated rings. The highest BCUT2D eigenvalue weighted by Gasteiger charge is 2.18. The normalized spacial score (nSPS) is 11.7. The molecule has 0 N–H and O–H groups in total. The summed E-state index contributed by atoms with van der Waals surface area (Å²) in [7, 11) is 0. The van der Waals surface area contributed by atoms with E-state index in [1.165, 1.54) is 21.8 Å². The Bertz CT molecular complexity index is 3200. The Morgan fingerprint density at radius 2 is 1.04 bits per heavy atom. The maximum absolute atomic E-state index is 6.50. The fourth-order valence-electron chi connectivity index (χ4n) is 8.08. The van der Waals surface area contributed by atoms with E-state index < -0.39 is 0 Å². The molecule has 252 valence electrons. The molecule has 4 nitrogen and oxygen atoms in total. The monoisotopic (exact) mass is 689 g/mol. The van der Waals surface area contributed by atoms with Gasteiger partial charge in [-0.1, -0.05) is 127 Å². The number of nitrogens with zero attached hydrogens (tertiary/aromatic N) is 3. The molecule has 3 aromatic heterocycles. The number of rotatable bonds is 5. The van der Waals surface area contributed by atoms with Crippen molar-refractivity contribution in [3.05, 3.63) is 188 Å². The zero-order valence-electron chi connectivity index (χ0n) is 29.1. The summed E-state index contributed by atoms with van der Waals surface area (Å²) in [6.07, 6.45) is 0. The van der Waals surface area contributed by atoms with Gasteiger partial charge in [0.15, 0.2) is 5.82 Å². The van der Waals surface area contributed by atoms with Crippen molar-refractivity contribution in [1.29, 1.82) is 0 Å². The Hall–Kier alpha value is -7.30. The van der Waals surface area contributed by atoms with Crippen molar-refractivity contribution >= 4 is 54.6 Å². The summed E-state index contributed by atoms with van der Waals surface area (Å²) in [5.41, 5.74) is 13.6. The Morgan fingerprint density at radius 1 is 0.389 bits per heavy atom. The molecule has 11 rings (SSSR count). The van der Waals surface area contributed by atoms with Gasteiger partial charge in [0.2, 0.25) is 0 Å². The molecule has 3 heterocycles. The van der Waals surface area contributed by atoms with Gasteiger partial charge in [-0.2, -0.15) is 0 Å². The molecule has 8 aromatic carbocycles. The van der Waals surface area contributed by atoms with Gasteiger partial charge in [-0.25, -0.2) is 9.97 Å². The van der Waals surface area contributed by atoms with Gasteiger partial charge in [0.25, 0.3) is 0 Å². The molecule has 0 spiro atoms. The van der Waals surface area contributed by atoms with Crippen molar-refractivity contribution in [2.24, 2.45) is 0 Å². The molecule has 0 atom stereocenters. The molecule has 0 bridgehead atoms. The second-order valence-electron chi connectivity index (χ2n) is 13.8. The minimum Gasteiger partial charge on any atom is -0.456 e. The molecule has 0 aliphatic carbocycles. The molecule has 0 radical (unpaired) electrons. The van der Waals surface area contributed by atoms with E-state index in [4.69, 9.17) is 14.4 Å². The van der Waals surface area contributed by atoms with Crippen LogP contribution in [0.25, 0.3) is 105 Å². The summed E-state index contributed by atoms with van der Waals surface area (Å²) >= 11 is 0. The van der Waals surface area contributed by atoms with Crippen LogP contribution in [-0.2, 0) is 0 Å². The topological polar surface area (TPSA) is 43.9 Å². The quantitative estimate of drug-likeness (QED) is 0.181. The van der Waals surface area contributed by atoms with Crippen molar-refractivity contribution in [2.75, 3.05) is 0 Å². The highest BCUT2D eigenvalue weighted by atomic mass is 16.3. The van der Waals surface area contributed by atoms with Crippen LogP contribution in [0.3, 0.4) is 0 Å². The lowest BCUT2D eigenvalue weighted by Gasteiger charge is -2.12. The fourth-order valence-corrected chi connectivity index (χ4v) is 8.08. The second-order valence-corrected chi connectivity index (χ2v) is 13.8. The third-order valence-electron chi connectivity index (χ3n) is 10.6. The summed E-state index contributed by atoms with van der Waals surface area (Å²) in [6, 6.07) is 66.1. The van der Waals surface area contributed by atoms with Crippen LogP contribution in [0.15, 0.2) is 192 Å². The Morgan fingerprint density at radius 3 is 1.85 bits per heavy atom. The van der Waals surface area contributed by atoms with Gasteiger partial charge in [-0.3, -0.25) is 0 Å². The number of hydrogen-bond acceptors (Lipinski definition) is 3. The zero-order valence-corrected chi connectivity index (χ0v) is 29.1. The number of hydrogen-bond donors (Lipinski definition) is 0. The smallest absolute Gasteiger partial charge is 0.160 e. The van der Waals surface area contributed by atoms with Crippen LogP contribution in [-0.4, -0.2) is 14.5 Å². The van der Waals surface area contributed by atoms with Crippen LogP contribution in [0.5, 0.6) is 0 Å². The third kappa shape index (κ3) is 4.85. The van der Waals surface area contributed by atoms with Crippen molar-refractivity contribution in [3.8, 4) is 50.6 Å². The lowest BCUT2D eigenvalue weighted by molar-refractivity contribution is 0.669. The highest BCUT2D eigenvalue weighted by molar-refractivity contribution is 6.15. The molecule has 0 aliphatic heterocycles. The van der Waals surface area contributed by atoms with Crippen LogP contribution in [0, 0.1) is 0 Å². The van der Waals surface area contributed by atoms with Crippen LogP contribution in [0.2, 0.25) is 0 Å². The van der Waals surface area contributed by atoms with E-state index in [0.29, 0.717) is 5.82 Å². The zero-order chi connectivity index (χ0) is 35.6. The van der Waals surface area contributed by atoms with Crippen LogP contribution < -0.4 is 0 Å². The first-order chi connectivity index (χ1) is 26.8. The molecular weight excluding hydrogens is 659 g/mol. The van der Waals surface area contributed by atoms with Gasteiger partial charge in [-0.05, 0) is 82.9 Å². The molecule has 0 unspecified atom stereocenters. The molecule has 0 saturated heterocycles. The molecule has 0 saturated carbocycles. The summed E-state index contributed by atoms with van der Waals surface area (Å²) in [5.74, 6) is 0.716. The third-order valence-corrected chi connectivity index (χ3v) is 10.6. The summed E-state index contributed by atoms with van der Waals surface area (Å²) in [5, 5.41) is 5.66. The second kappa shape index (κ2) is 12.1. The Balaban J connectivity index is 1.08. The van der Waals surface area contributed by atoms with Crippen molar-refractivity contribution in [3.63, 3.8) is 0 Å². The molecule has 0 amide bonds. The van der Waals surface area contributed by atoms with E-state index in [2.05, 4.69) is 168 Å². The average Bonchev–Trinajstić information content (AvgIpc) is 3.79. The maximum Gasteiger partial charge on any atom is 0.160 e. The highest BCUT2D eigenvalue weighted by Crippen LogP contribution is 2.41. The first-order valence-corrected chi connectivity index (χ1v) is 18.2. The lowest BCUT2D eigenvalue weighted by Crippen LogP contribution is -1.95. The minimum absolute atomic E-state index is 0.716.